The molecule has 0 amide bonds. The minimum Gasteiger partial charge on any atom is -0.339 e. The molecule has 1 atom stereocenters. The Hall–Kier alpha value is -0.940. The van der Waals surface area contributed by atoms with E-state index in [-0.39, 0.29) is 0 Å². The molecular formula is C15H28N4O. The summed E-state index contributed by atoms with van der Waals surface area (Å²) in [6.07, 6.45) is 4.42. The van der Waals surface area contributed by atoms with Gasteiger partial charge < -0.3 is 14.7 Å². The summed E-state index contributed by atoms with van der Waals surface area (Å²) in [5, 5.41) is 7.64. The van der Waals surface area contributed by atoms with Crippen LogP contribution in [0.15, 0.2) is 4.52 Å². The molecule has 0 aliphatic heterocycles. The van der Waals surface area contributed by atoms with Gasteiger partial charge in [0.05, 0.1) is 0 Å². The zero-order chi connectivity index (χ0) is 14.4. The van der Waals surface area contributed by atoms with Crippen molar-refractivity contribution < 1.29 is 4.52 Å². The minimum atomic E-state index is 0.510. The molecule has 0 aromatic carbocycles. The normalized spacial score (nSPS) is 16.8. The maximum absolute atomic E-state index is 5.40. The van der Waals surface area contributed by atoms with E-state index in [1.54, 1.807) is 0 Å². The number of rotatable bonds is 10. The van der Waals surface area contributed by atoms with Crippen LogP contribution in [0, 0.1) is 5.92 Å². The second kappa shape index (κ2) is 7.74. The van der Waals surface area contributed by atoms with Crippen molar-refractivity contribution in [3.63, 3.8) is 0 Å². The lowest BCUT2D eigenvalue weighted by molar-refractivity contribution is 0.302. The smallest absolute Gasteiger partial charge is 0.228 e. The average molecular weight is 280 g/mol. The van der Waals surface area contributed by atoms with Gasteiger partial charge in [-0.2, -0.15) is 4.98 Å². The molecule has 0 saturated heterocycles. The molecule has 2 rings (SSSR count). The first-order valence-corrected chi connectivity index (χ1v) is 8.03. The lowest BCUT2D eigenvalue weighted by Gasteiger charge is -2.16. The van der Waals surface area contributed by atoms with Crippen molar-refractivity contribution in [1.82, 2.24) is 20.4 Å². The van der Waals surface area contributed by atoms with Crippen LogP contribution in [-0.4, -0.2) is 47.3 Å². The Bertz CT molecular complexity index is 385. The van der Waals surface area contributed by atoms with Crippen molar-refractivity contribution in [1.29, 1.82) is 0 Å². The van der Waals surface area contributed by atoms with E-state index in [1.807, 2.05) is 0 Å². The van der Waals surface area contributed by atoms with E-state index in [0.29, 0.717) is 6.04 Å². The van der Waals surface area contributed by atoms with Crippen molar-refractivity contribution in [2.45, 2.75) is 52.5 Å². The van der Waals surface area contributed by atoms with Crippen LogP contribution in [0.25, 0.3) is 0 Å². The molecule has 1 aromatic rings. The Morgan fingerprint density at radius 1 is 1.30 bits per heavy atom. The molecule has 0 spiro atoms. The molecule has 1 heterocycles. The van der Waals surface area contributed by atoms with E-state index in [0.717, 1.165) is 56.7 Å². The summed E-state index contributed by atoms with van der Waals surface area (Å²) in [5.41, 5.74) is 0. The average Bonchev–Trinajstić information content (AvgIpc) is 3.21. The van der Waals surface area contributed by atoms with Gasteiger partial charge in [0.25, 0.3) is 0 Å². The molecule has 20 heavy (non-hydrogen) atoms. The maximum Gasteiger partial charge on any atom is 0.228 e. The van der Waals surface area contributed by atoms with Crippen LogP contribution in [0.1, 0.15) is 45.3 Å². The van der Waals surface area contributed by atoms with Gasteiger partial charge in [0.1, 0.15) is 0 Å². The summed E-state index contributed by atoms with van der Waals surface area (Å²) in [6.45, 7) is 10.7. The fourth-order valence-corrected chi connectivity index (χ4v) is 2.63. The van der Waals surface area contributed by atoms with Crippen LogP contribution in [-0.2, 0) is 12.8 Å². The zero-order valence-electron chi connectivity index (χ0n) is 13.1. The summed E-state index contributed by atoms with van der Waals surface area (Å²) in [5.74, 6) is 2.44. The van der Waals surface area contributed by atoms with Gasteiger partial charge in [-0.25, -0.2) is 0 Å². The van der Waals surface area contributed by atoms with E-state index >= 15 is 0 Å². The quantitative estimate of drug-likeness (QED) is 0.709. The molecule has 1 aliphatic carbocycles. The molecule has 0 radical (unpaired) electrons. The number of nitrogens with one attached hydrogen (secondary N) is 1. The number of hydrogen-bond acceptors (Lipinski definition) is 5. The van der Waals surface area contributed by atoms with Crippen molar-refractivity contribution in [2.75, 3.05) is 26.2 Å². The van der Waals surface area contributed by atoms with Crippen LogP contribution in [0.4, 0.5) is 0 Å². The lowest BCUT2D eigenvalue weighted by Crippen LogP contribution is -2.33. The summed E-state index contributed by atoms with van der Waals surface area (Å²) in [6, 6.07) is 0.510. The Kier molecular flexibility index (Phi) is 5.98. The highest BCUT2D eigenvalue weighted by Crippen LogP contribution is 2.33. The summed E-state index contributed by atoms with van der Waals surface area (Å²) in [7, 11) is 0. The number of aromatic nitrogens is 2. The van der Waals surface area contributed by atoms with E-state index in [1.165, 1.54) is 12.8 Å². The van der Waals surface area contributed by atoms with E-state index < -0.39 is 0 Å². The molecule has 1 N–H and O–H groups in total. The first-order chi connectivity index (χ1) is 9.76. The molecule has 0 bridgehead atoms. The fraction of sp³-hybridized carbons (Fsp3) is 0.867. The number of likely N-dealkylation sites (N-methyl/N-ethyl adjacent to an activating group) is 2. The Morgan fingerprint density at radius 2 is 2.05 bits per heavy atom. The van der Waals surface area contributed by atoms with Gasteiger partial charge in [-0.15, -0.1) is 0 Å². The van der Waals surface area contributed by atoms with Crippen molar-refractivity contribution in [3.8, 4) is 0 Å². The van der Waals surface area contributed by atoms with Crippen molar-refractivity contribution in [2.24, 2.45) is 5.92 Å². The molecule has 1 saturated carbocycles. The molecule has 1 aliphatic rings. The third-order valence-electron chi connectivity index (χ3n) is 4.11. The molecular weight excluding hydrogens is 252 g/mol. The molecule has 1 fully saturated rings. The predicted octanol–water partition coefficient (Wildman–Crippen LogP) is 1.88. The van der Waals surface area contributed by atoms with E-state index in [2.05, 4.69) is 41.1 Å². The molecule has 5 nitrogen and oxygen atoms in total. The highest BCUT2D eigenvalue weighted by molar-refractivity contribution is 4.95. The number of nitrogens with zero attached hydrogens (tertiary/aromatic N) is 3. The standard InChI is InChI=1S/C15H28N4O/c1-4-16-13(12-7-8-12)11-15-17-14(18-20-15)9-10-19(5-2)6-3/h12-13,16H,4-11H2,1-3H3. The van der Waals surface area contributed by atoms with E-state index in [9.17, 15) is 0 Å². The van der Waals surface area contributed by atoms with Gasteiger partial charge >= 0.3 is 0 Å². The number of hydrogen-bond donors (Lipinski definition) is 1. The van der Waals surface area contributed by atoms with Gasteiger partial charge in [0.15, 0.2) is 5.82 Å². The van der Waals surface area contributed by atoms with Crippen LogP contribution in [0.3, 0.4) is 0 Å². The topological polar surface area (TPSA) is 54.2 Å². The molecule has 1 unspecified atom stereocenters. The SMILES string of the molecule is CCNC(Cc1nc(CCN(CC)CC)no1)C1CC1. The summed E-state index contributed by atoms with van der Waals surface area (Å²) >= 11 is 0. The first kappa shape index (κ1) is 15.4. The van der Waals surface area contributed by atoms with E-state index in [4.69, 9.17) is 4.52 Å². The summed E-state index contributed by atoms with van der Waals surface area (Å²) < 4.78 is 5.40. The molecule has 1 aromatic heterocycles. The summed E-state index contributed by atoms with van der Waals surface area (Å²) in [4.78, 5) is 6.92. The monoisotopic (exact) mass is 280 g/mol. The van der Waals surface area contributed by atoms with Gasteiger partial charge in [-0.3, -0.25) is 0 Å². The van der Waals surface area contributed by atoms with Crippen LogP contribution >= 0.6 is 0 Å². The third kappa shape index (κ3) is 4.56. The lowest BCUT2D eigenvalue weighted by atomic mass is 10.1. The van der Waals surface area contributed by atoms with Crippen LogP contribution in [0.2, 0.25) is 0 Å². The van der Waals surface area contributed by atoms with Gasteiger partial charge in [0, 0.05) is 25.4 Å². The maximum atomic E-state index is 5.40. The second-order valence-corrected chi connectivity index (χ2v) is 5.59. The van der Waals surface area contributed by atoms with Crippen molar-refractivity contribution >= 4 is 0 Å². The minimum absolute atomic E-state index is 0.510. The fourth-order valence-electron chi connectivity index (χ4n) is 2.63. The largest absolute Gasteiger partial charge is 0.339 e. The van der Waals surface area contributed by atoms with Crippen molar-refractivity contribution in [3.05, 3.63) is 11.7 Å². The molecule has 5 heteroatoms. The van der Waals surface area contributed by atoms with Gasteiger partial charge in [0.2, 0.25) is 5.89 Å². The Labute approximate surface area is 122 Å². The van der Waals surface area contributed by atoms with Crippen LogP contribution in [0.5, 0.6) is 0 Å². The first-order valence-electron chi connectivity index (χ1n) is 8.03. The highest BCUT2D eigenvalue weighted by Gasteiger charge is 2.31. The third-order valence-corrected chi connectivity index (χ3v) is 4.11. The van der Waals surface area contributed by atoms with Crippen LogP contribution < -0.4 is 5.32 Å². The van der Waals surface area contributed by atoms with Gasteiger partial charge in [-0.1, -0.05) is 25.9 Å². The second-order valence-electron chi connectivity index (χ2n) is 5.59. The predicted molar refractivity (Wildman–Crippen MR) is 79.7 cm³/mol. The molecule has 114 valence electrons. The zero-order valence-corrected chi connectivity index (χ0v) is 13.1. The van der Waals surface area contributed by atoms with Gasteiger partial charge in [-0.05, 0) is 38.4 Å². The highest BCUT2D eigenvalue weighted by atomic mass is 16.5. The Balaban J connectivity index is 1.81. The Morgan fingerprint density at radius 3 is 2.65 bits per heavy atom.